The molecule has 4 heterocycles. The monoisotopic (exact) mass is 507 g/mol. The second kappa shape index (κ2) is 10.5. The molecule has 6 rings (SSSR count). The molecule has 1 fully saturated rings. The molecular formula is C29H29N7O2. The van der Waals surface area contributed by atoms with Gasteiger partial charge in [-0.05, 0) is 66.6 Å². The zero-order chi connectivity index (χ0) is 25.9. The van der Waals surface area contributed by atoms with Crippen LogP contribution in [0.1, 0.15) is 5.56 Å². The highest BCUT2D eigenvalue weighted by molar-refractivity contribution is 6.08. The standard InChI is InChI=1S/C29H29N7O2/c1-35-15-11-23-25(35)7-6-24-26(23)33-27(34-28(24)36-16-18-38-19-17-36)21-2-4-22(5-3-21)32-29(37)31-14-10-20-8-12-30-13-9-20/h2-9,11-13,15H,10,14,16-19H2,1H3,(H2,31,32,37). The van der Waals surface area contributed by atoms with Crippen molar-refractivity contribution in [3.05, 3.63) is 78.8 Å². The number of aromatic nitrogens is 4. The van der Waals surface area contributed by atoms with Gasteiger partial charge in [0.05, 0.1) is 18.7 Å². The Hall–Kier alpha value is -4.50. The number of ether oxygens (including phenoxy) is 1. The zero-order valence-electron chi connectivity index (χ0n) is 21.2. The van der Waals surface area contributed by atoms with Gasteiger partial charge in [-0.25, -0.2) is 14.8 Å². The van der Waals surface area contributed by atoms with Crippen molar-refractivity contribution < 1.29 is 9.53 Å². The highest BCUT2D eigenvalue weighted by Gasteiger charge is 2.20. The number of hydrogen-bond donors (Lipinski definition) is 2. The molecule has 192 valence electrons. The van der Waals surface area contributed by atoms with Crippen LogP contribution in [0.5, 0.6) is 0 Å². The van der Waals surface area contributed by atoms with Crippen molar-refractivity contribution in [2.24, 2.45) is 7.05 Å². The van der Waals surface area contributed by atoms with Crippen LogP contribution in [-0.2, 0) is 18.2 Å². The van der Waals surface area contributed by atoms with Gasteiger partial charge in [-0.15, -0.1) is 0 Å². The molecule has 0 spiro atoms. The van der Waals surface area contributed by atoms with Gasteiger partial charge in [-0.3, -0.25) is 4.98 Å². The highest BCUT2D eigenvalue weighted by Crippen LogP contribution is 2.33. The lowest BCUT2D eigenvalue weighted by atomic mass is 10.1. The van der Waals surface area contributed by atoms with Gasteiger partial charge in [0, 0.05) is 72.8 Å². The van der Waals surface area contributed by atoms with Gasteiger partial charge in [0.1, 0.15) is 5.82 Å². The lowest BCUT2D eigenvalue weighted by molar-refractivity contribution is 0.122. The summed E-state index contributed by atoms with van der Waals surface area (Å²) in [6.07, 6.45) is 6.31. The number of nitrogens with zero attached hydrogens (tertiary/aromatic N) is 5. The predicted octanol–water partition coefficient (Wildman–Crippen LogP) is 4.38. The van der Waals surface area contributed by atoms with E-state index in [4.69, 9.17) is 14.7 Å². The summed E-state index contributed by atoms with van der Waals surface area (Å²) < 4.78 is 7.69. The van der Waals surface area contributed by atoms with E-state index < -0.39 is 0 Å². The Morgan fingerprint density at radius 1 is 0.947 bits per heavy atom. The van der Waals surface area contributed by atoms with Crippen LogP contribution in [-0.4, -0.2) is 58.4 Å². The quantitative estimate of drug-likeness (QED) is 0.354. The molecule has 2 N–H and O–H groups in total. The highest BCUT2D eigenvalue weighted by atomic mass is 16.5. The average Bonchev–Trinajstić information content (AvgIpc) is 3.35. The summed E-state index contributed by atoms with van der Waals surface area (Å²) in [6.45, 7) is 3.48. The molecule has 2 amide bonds. The van der Waals surface area contributed by atoms with Gasteiger partial charge in [0.25, 0.3) is 0 Å². The van der Waals surface area contributed by atoms with Crippen LogP contribution in [0.3, 0.4) is 0 Å². The van der Waals surface area contributed by atoms with Crippen LogP contribution >= 0.6 is 0 Å². The summed E-state index contributed by atoms with van der Waals surface area (Å²) in [5.74, 6) is 1.58. The van der Waals surface area contributed by atoms with E-state index in [9.17, 15) is 4.79 Å². The maximum absolute atomic E-state index is 12.4. The van der Waals surface area contributed by atoms with Crippen molar-refractivity contribution >= 4 is 39.3 Å². The first-order valence-corrected chi connectivity index (χ1v) is 12.8. The molecule has 1 saturated heterocycles. The number of anilines is 2. The van der Waals surface area contributed by atoms with Gasteiger partial charge in [-0.1, -0.05) is 0 Å². The van der Waals surface area contributed by atoms with E-state index in [2.05, 4.69) is 49.5 Å². The number of benzene rings is 2. The van der Waals surface area contributed by atoms with Crippen molar-refractivity contribution in [3.63, 3.8) is 0 Å². The van der Waals surface area contributed by atoms with Crippen LogP contribution in [0.15, 0.2) is 73.2 Å². The fourth-order valence-electron chi connectivity index (χ4n) is 4.82. The molecule has 3 aromatic heterocycles. The van der Waals surface area contributed by atoms with E-state index in [0.29, 0.717) is 31.3 Å². The van der Waals surface area contributed by atoms with Crippen molar-refractivity contribution in [2.75, 3.05) is 43.1 Å². The summed E-state index contributed by atoms with van der Waals surface area (Å²) in [7, 11) is 2.04. The van der Waals surface area contributed by atoms with Crippen molar-refractivity contribution in [1.82, 2.24) is 24.8 Å². The first-order chi connectivity index (χ1) is 18.7. The third-order valence-electron chi connectivity index (χ3n) is 6.87. The molecule has 38 heavy (non-hydrogen) atoms. The zero-order valence-corrected chi connectivity index (χ0v) is 21.2. The Kier molecular flexibility index (Phi) is 6.58. The number of morpholine rings is 1. The van der Waals surface area contributed by atoms with E-state index in [1.165, 1.54) is 0 Å². The molecule has 0 bridgehead atoms. The third kappa shape index (κ3) is 4.88. The number of rotatable bonds is 6. The number of nitrogens with one attached hydrogen (secondary N) is 2. The van der Waals surface area contributed by atoms with E-state index in [1.807, 2.05) is 43.4 Å². The Morgan fingerprint density at radius 2 is 1.74 bits per heavy atom. The number of hydrogen-bond acceptors (Lipinski definition) is 6. The van der Waals surface area contributed by atoms with Crippen molar-refractivity contribution in [3.8, 4) is 11.4 Å². The second-order valence-corrected chi connectivity index (χ2v) is 9.36. The molecule has 2 aromatic carbocycles. The molecule has 0 unspecified atom stereocenters. The van der Waals surface area contributed by atoms with E-state index in [-0.39, 0.29) is 6.03 Å². The van der Waals surface area contributed by atoms with Crippen molar-refractivity contribution in [2.45, 2.75) is 6.42 Å². The summed E-state index contributed by atoms with van der Waals surface area (Å²) in [5, 5.41) is 7.93. The van der Waals surface area contributed by atoms with Gasteiger partial charge >= 0.3 is 6.03 Å². The molecule has 0 saturated carbocycles. The Balaban J connectivity index is 1.24. The van der Waals surface area contributed by atoms with Gasteiger partial charge in [-0.2, -0.15) is 0 Å². The smallest absolute Gasteiger partial charge is 0.319 e. The number of pyridine rings is 1. The van der Waals surface area contributed by atoms with Crippen LogP contribution in [0.4, 0.5) is 16.3 Å². The fraction of sp³-hybridized carbons (Fsp3) is 0.241. The molecule has 0 aliphatic carbocycles. The minimum absolute atomic E-state index is 0.241. The molecule has 9 nitrogen and oxygen atoms in total. The number of amides is 2. The average molecular weight is 508 g/mol. The van der Waals surface area contributed by atoms with E-state index >= 15 is 0 Å². The predicted molar refractivity (Wildman–Crippen MR) is 149 cm³/mol. The topological polar surface area (TPSA) is 97.2 Å². The summed E-state index contributed by atoms with van der Waals surface area (Å²) in [6, 6.07) is 17.7. The fourth-order valence-corrected chi connectivity index (χ4v) is 4.82. The summed E-state index contributed by atoms with van der Waals surface area (Å²) >= 11 is 0. The summed E-state index contributed by atoms with van der Waals surface area (Å²) in [4.78, 5) is 28.7. The van der Waals surface area contributed by atoms with E-state index in [0.717, 1.165) is 58.3 Å². The largest absolute Gasteiger partial charge is 0.378 e. The second-order valence-electron chi connectivity index (χ2n) is 9.36. The Labute approximate surface area is 220 Å². The summed E-state index contributed by atoms with van der Waals surface area (Å²) in [5.41, 5.74) is 4.78. The molecule has 1 aliphatic rings. The molecule has 0 atom stereocenters. The van der Waals surface area contributed by atoms with Crippen LogP contribution < -0.4 is 15.5 Å². The number of carbonyl (C=O) groups excluding carboxylic acids is 1. The Bertz CT molecular complexity index is 1580. The van der Waals surface area contributed by atoms with Crippen LogP contribution in [0.25, 0.3) is 33.2 Å². The van der Waals surface area contributed by atoms with Gasteiger partial charge < -0.3 is 24.8 Å². The minimum atomic E-state index is -0.241. The molecule has 0 radical (unpaired) electrons. The molecular weight excluding hydrogens is 478 g/mol. The normalized spacial score (nSPS) is 13.7. The van der Waals surface area contributed by atoms with Crippen molar-refractivity contribution in [1.29, 1.82) is 0 Å². The van der Waals surface area contributed by atoms with Gasteiger partial charge in [0.15, 0.2) is 5.82 Å². The SMILES string of the molecule is Cn1ccc2c3nc(-c4ccc(NC(=O)NCCc5ccncc5)cc4)nc(N4CCOCC4)c3ccc21. The minimum Gasteiger partial charge on any atom is -0.378 e. The van der Waals surface area contributed by atoms with E-state index in [1.54, 1.807) is 12.4 Å². The number of fused-ring (bicyclic) bond motifs is 3. The maximum Gasteiger partial charge on any atom is 0.319 e. The van der Waals surface area contributed by atoms with Crippen LogP contribution in [0.2, 0.25) is 0 Å². The number of aryl methyl sites for hydroxylation is 1. The molecule has 1 aliphatic heterocycles. The number of carbonyl (C=O) groups is 1. The maximum atomic E-state index is 12.4. The number of urea groups is 1. The third-order valence-corrected chi connectivity index (χ3v) is 6.87. The molecule has 9 heteroatoms. The lowest BCUT2D eigenvalue weighted by Crippen LogP contribution is -2.37. The lowest BCUT2D eigenvalue weighted by Gasteiger charge is -2.29. The Morgan fingerprint density at radius 3 is 2.53 bits per heavy atom. The molecule has 5 aromatic rings. The van der Waals surface area contributed by atoms with Gasteiger partial charge in [0.2, 0.25) is 0 Å². The van der Waals surface area contributed by atoms with Crippen LogP contribution in [0, 0.1) is 0 Å². The first kappa shape index (κ1) is 23.9. The first-order valence-electron chi connectivity index (χ1n) is 12.8.